The summed E-state index contributed by atoms with van der Waals surface area (Å²) in [5.41, 5.74) is 1.07. The molecule has 76 valence electrons. The number of aromatic amines is 1. The summed E-state index contributed by atoms with van der Waals surface area (Å²) in [6.45, 7) is 2.08. The molecule has 0 aliphatic heterocycles. The second kappa shape index (κ2) is 4.60. The number of hydrogen-bond donors (Lipinski definition) is 2. The molecule has 1 rings (SSSR count). The number of aryl methyl sites for hydroxylation is 1. The van der Waals surface area contributed by atoms with Crippen LogP contribution >= 0.6 is 0 Å². The van der Waals surface area contributed by atoms with Crippen molar-refractivity contribution in [3.63, 3.8) is 0 Å². The second-order valence-electron chi connectivity index (χ2n) is 3.14. The number of carbonyl (C=O) groups excluding carboxylic acids is 1. The van der Waals surface area contributed by atoms with Crippen molar-refractivity contribution in [1.29, 1.82) is 0 Å². The third-order valence-corrected chi connectivity index (χ3v) is 1.98. The van der Waals surface area contributed by atoms with Gasteiger partial charge in [0.1, 0.15) is 0 Å². The number of aromatic nitrogens is 1. The summed E-state index contributed by atoms with van der Waals surface area (Å²) in [5.74, 6) is -2.30. The van der Waals surface area contributed by atoms with Crippen LogP contribution in [-0.2, 0) is 11.2 Å². The van der Waals surface area contributed by atoms with Gasteiger partial charge in [-0.3, -0.25) is 4.79 Å². The molecule has 0 fully saturated rings. The van der Waals surface area contributed by atoms with Gasteiger partial charge < -0.3 is 10.1 Å². The van der Waals surface area contributed by atoms with Gasteiger partial charge in [0.25, 0.3) is 5.78 Å². The van der Waals surface area contributed by atoms with E-state index >= 15 is 0 Å². The number of carboxylic acids is 1. The molecule has 4 nitrogen and oxygen atoms in total. The molecule has 2 N–H and O–H groups in total. The van der Waals surface area contributed by atoms with Gasteiger partial charge in [-0.25, -0.2) is 4.79 Å². The molecule has 1 heterocycles. The van der Waals surface area contributed by atoms with Crippen LogP contribution in [0, 0.1) is 0 Å². The Morgan fingerprint density at radius 2 is 2.14 bits per heavy atom. The lowest BCUT2D eigenvalue weighted by atomic mass is 10.2. The number of hydrogen-bond acceptors (Lipinski definition) is 2. The molecule has 0 saturated heterocycles. The molecule has 0 saturated carbocycles. The first-order valence-electron chi connectivity index (χ1n) is 4.60. The minimum Gasteiger partial charge on any atom is -0.475 e. The van der Waals surface area contributed by atoms with Crippen molar-refractivity contribution in [2.75, 3.05) is 0 Å². The van der Waals surface area contributed by atoms with Crippen LogP contribution in [0.1, 0.15) is 35.9 Å². The SMILES string of the molecule is CCCCc1ccc(C(=O)C(=O)O)[nH]1. The van der Waals surface area contributed by atoms with Crippen molar-refractivity contribution >= 4 is 11.8 Å². The molecule has 0 radical (unpaired) electrons. The fourth-order valence-electron chi connectivity index (χ4n) is 1.20. The van der Waals surface area contributed by atoms with Crippen LogP contribution < -0.4 is 0 Å². The standard InChI is InChI=1S/C10H13NO3/c1-2-3-4-7-5-6-8(11-7)9(12)10(13)14/h5-6,11H,2-4H2,1H3,(H,13,14). The number of Topliss-reactive ketones (excluding diaryl/α,β-unsaturated/α-hetero) is 1. The molecule has 0 aliphatic carbocycles. The topological polar surface area (TPSA) is 70.2 Å². The predicted octanol–water partition coefficient (Wildman–Crippen LogP) is 1.62. The summed E-state index contributed by atoms with van der Waals surface area (Å²) in [5, 5.41) is 8.45. The van der Waals surface area contributed by atoms with E-state index < -0.39 is 11.8 Å². The maximum Gasteiger partial charge on any atom is 0.378 e. The van der Waals surface area contributed by atoms with E-state index in [2.05, 4.69) is 11.9 Å². The van der Waals surface area contributed by atoms with Crippen molar-refractivity contribution < 1.29 is 14.7 Å². The van der Waals surface area contributed by atoms with Crippen LogP contribution in [0.4, 0.5) is 0 Å². The molecule has 0 spiro atoms. The first-order valence-corrected chi connectivity index (χ1v) is 4.60. The zero-order chi connectivity index (χ0) is 10.6. The highest BCUT2D eigenvalue weighted by molar-refractivity contribution is 6.39. The van der Waals surface area contributed by atoms with E-state index in [9.17, 15) is 9.59 Å². The monoisotopic (exact) mass is 195 g/mol. The number of nitrogens with one attached hydrogen (secondary N) is 1. The Balaban J connectivity index is 2.68. The van der Waals surface area contributed by atoms with Gasteiger partial charge >= 0.3 is 5.97 Å². The smallest absolute Gasteiger partial charge is 0.378 e. The summed E-state index contributed by atoms with van der Waals surface area (Å²) >= 11 is 0. The van der Waals surface area contributed by atoms with E-state index in [0.29, 0.717) is 0 Å². The number of rotatable bonds is 5. The molecule has 0 atom stereocenters. The van der Waals surface area contributed by atoms with Crippen LogP contribution in [0.25, 0.3) is 0 Å². The van der Waals surface area contributed by atoms with E-state index in [-0.39, 0.29) is 5.69 Å². The fourth-order valence-corrected chi connectivity index (χ4v) is 1.20. The molecule has 0 aliphatic rings. The number of aliphatic carboxylic acids is 1. The zero-order valence-corrected chi connectivity index (χ0v) is 8.04. The van der Waals surface area contributed by atoms with E-state index in [1.165, 1.54) is 6.07 Å². The van der Waals surface area contributed by atoms with Crippen molar-refractivity contribution in [3.8, 4) is 0 Å². The highest BCUT2D eigenvalue weighted by atomic mass is 16.4. The maximum absolute atomic E-state index is 11.0. The maximum atomic E-state index is 11.0. The van der Waals surface area contributed by atoms with E-state index in [1.54, 1.807) is 6.07 Å². The van der Waals surface area contributed by atoms with Crippen molar-refractivity contribution in [2.24, 2.45) is 0 Å². The molecule has 0 aromatic carbocycles. The minimum absolute atomic E-state index is 0.156. The lowest BCUT2D eigenvalue weighted by Crippen LogP contribution is -2.13. The third kappa shape index (κ3) is 2.45. The third-order valence-electron chi connectivity index (χ3n) is 1.98. The van der Waals surface area contributed by atoms with Gasteiger partial charge in [-0.1, -0.05) is 13.3 Å². The van der Waals surface area contributed by atoms with Crippen molar-refractivity contribution in [1.82, 2.24) is 4.98 Å². The number of carboxylic acid groups (broad SMARTS) is 1. The van der Waals surface area contributed by atoms with Gasteiger partial charge in [0, 0.05) is 5.69 Å². The Kier molecular flexibility index (Phi) is 3.45. The zero-order valence-electron chi connectivity index (χ0n) is 8.04. The molecular formula is C10H13NO3. The van der Waals surface area contributed by atoms with Crippen LogP contribution in [0.3, 0.4) is 0 Å². The summed E-state index contributed by atoms with van der Waals surface area (Å²) in [4.78, 5) is 24.2. The highest BCUT2D eigenvalue weighted by Gasteiger charge is 2.15. The summed E-state index contributed by atoms with van der Waals surface area (Å²) < 4.78 is 0. The molecule has 0 amide bonds. The summed E-state index contributed by atoms with van der Waals surface area (Å²) in [6, 6.07) is 3.27. The Morgan fingerprint density at radius 1 is 1.43 bits per heavy atom. The number of H-pyrrole nitrogens is 1. The average Bonchev–Trinajstić information content (AvgIpc) is 2.61. The Morgan fingerprint density at radius 3 is 2.71 bits per heavy atom. The van der Waals surface area contributed by atoms with Gasteiger partial charge in [0.2, 0.25) is 0 Å². The Hall–Kier alpha value is -1.58. The van der Waals surface area contributed by atoms with Crippen LogP contribution in [0.15, 0.2) is 12.1 Å². The van der Waals surface area contributed by atoms with Gasteiger partial charge in [0.15, 0.2) is 0 Å². The van der Waals surface area contributed by atoms with Crippen LogP contribution in [0.2, 0.25) is 0 Å². The first-order chi connectivity index (χ1) is 6.65. The molecule has 4 heteroatoms. The summed E-state index contributed by atoms with van der Waals surface area (Å²) in [6.07, 6.45) is 2.95. The minimum atomic E-state index is -1.42. The molecule has 1 aromatic rings. The van der Waals surface area contributed by atoms with E-state index in [1.807, 2.05) is 0 Å². The van der Waals surface area contributed by atoms with E-state index in [4.69, 9.17) is 5.11 Å². The molecular weight excluding hydrogens is 182 g/mol. The summed E-state index contributed by atoms with van der Waals surface area (Å²) in [7, 11) is 0. The van der Waals surface area contributed by atoms with Gasteiger partial charge in [-0.2, -0.15) is 0 Å². The lowest BCUT2D eigenvalue weighted by Gasteiger charge is -1.94. The fraction of sp³-hybridized carbons (Fsp3) is 0.400. The lowest BCUT2D eigenvalue weighted by molar-refractivity contribution is -0.131. The number of carbonyl (C=O) groups is 2. The average molecular weight is 195 g/mol. The van der Waals surface area contributed by atoms with Gasteiger partial charge in [-0.15, -0.1) is 0 Å². The Labute approximate surface area is 81.9 Å². The molecule has 0 unspecified atom stereocenters. The quantitative estimate of drug-likeness (QED) is 0.554. The molecule has 1 aromatic heterocycles. The van der Waals surface area contributed by atoms with E-state index in [0.717, 1.165) is 25.0 Å². The van der Waals surface area contributed by atoms with Crippen molar-refractivity contribution in [2.45, 2.75) is 26.2 Å². The Bertz CT molecular complexity index is 341. The normalized spacial score (nSPS) is 10.1. The van der Waals surface area contributed by atoms with Gasteiger partial charge in [0.05, 0.1) is 5.69 Å². The number of unbranched alkanes of at least 4 members (excludes halogenated alkanes) is 1. The number of ketones is 1. The predicted molar refractivity (Wildman–Crippen MR) is 51.4 cm³/mol. The van der Waals surface area contributed by atoms with Crippen molar-refractivity contribution in [3.05, 3.63) is 23.5 Å². The largest absolute Gasteiger partial charge is 0.475 e. The first kappa shape index (κ1) is 10.5. The van der Waals surface area contributed by atoms with Gasteiger partial charge in [-0.05, 0) is 25.0 Å². The van der Waals surface area contributed by atoms with Crippen LogP contribution in [0.5, 0.6) is 0 Å². The molecule has 0 bridgehead atoms. The second-order valence-corrected chi connectivity index (χ2v) is 3.14. The highest BCUT2D eigenvalue weighted by Crippen LogP contribution is 2.06. The molecule has 14 heavy (non-hydrogen) atoms. The van der Waals surface area contributed by atoms with Crippen LogP contribution in [-0.4, -0.2) is 21.8 Å².